The van der Waals surface area contributed by atoms with E-state index >= 15 is 0 Å². The average Bonchev–Trinajstić information content (AvgIpc) is 2.38. The van der Waals surface area contributed by atoms with E-state index in [4.69, 9.17) is 5.73 Å². The fraction of sp³-hybridized carbons (Fsp3) is 0.500. The molecule has 4 nitrogen and oxygen atoms in total. The maximum absolute atomic E-state index is 11.6. The predicted molar refractivity (Wildman–Crippen MR) is 74.0 cm³/mol. The van der Waals surface area contributed by atoms with Crippen LogP contribution in [0.1, 0.15) is 25.0 Å². The van der Waals surface area contributed by atoms with Gasteiger partial charge in [0.1, 0.15) is 0 Å². The molecule has 0 unspecified atom stereocenters. The van der Waals surface area contributed by atoms with Crippen molar-refractivity contribution in [2.75, 3.05) is 19.6 Å². The highest BCUT2D eigenvalue weighted by Gasteiger charge is 2.10. The van der Waals surface area contributed by atoms with Gasteiger partial charge in [0.05, 0.1) is 6.54 Å². The lowest BCUT2D eigenvalue weighted by atomic mass is 10.1. The van der Waals surface area contributed by atoms with Crippen molar-refractivity contribution in [3.8, 4) is 0 Å². The van der Waals surface area contributed by atoms with Gasteiger partial charge < -0.3 is 11.1 Å². The molecule has 0 radical (unpaired) electrons. The third-order valence-corrected chi connectivity index (χ3v) is 2.92. The van der Waals surface area contributed by atoms with Gasteiger partial charge in [0.2, 0.25) is 5.91 Å². The van der Waals surface area contributed by atoms with E-state index in [0.717, 1.165) is 18.7 Å². The molecular weight excluding hydrogens is 226 g/mol. The standard InChI is InChI=1S/C14H23N3O/c1-3-16-14(18)11-17(4-2)10-13-8-6-5-7-12(13)9-15/h5-8H,3-4,9-11,15H2,1-2H3,(H,16,18). The van der Waals surface area contributed by atoms with E-state index in [-0.39, 0.29) is 5.91 Å². The molecule has 1 amide bonds. The smallest absolute Gasteiger partial charge is 0.234 e. The molecular formula is C14H23N3O. The summed E-state index contributed by atoms with van der Waals surface area (Å²) in [5, 5.41) is 2.82. The molecule has 18 heavy (non-hydrogen) atoms. The van der Waals surface area contributed by atoms with Gasteiger partial charge in [-0.05, 0) is 24.6 Å². The molecule has 1 rings (SSSR count). The average molecular weight is 249 g/mol. The van der Waals surface area contributed by atoms with Crippen LogP contribution in [0.3, 0.4) is 0 Å². The van der Waals surface area contributed by atoms with Crippen molar-refractivity contribution >= 4 is 5.91 Å². The Balaban J connectivity index is 2.64. The second-order valence-corrected chi connectivity index (χ2v) is 4.23. The number of rotatable bonds is 7. The first-order chi connectivity index (χ1) is 8.71. The highest BCUT2D eigenvalue weighted by atomic mass is 16.2. The Labute approximate surface area is 109 Å². The lowest BCUT2D eigenvalue weighted by Gasteiger charge is -2.21. The van der Waals surface area contributed by atoms with Crippen LogP contribution < -0.4 is 11.1 Å². The van der Waals surface area contributed by atoms with Crippen molar-refractivity contribution < 1.29 is 4.79 Å². The van der Waals surface area contributed by atoms with Gasteiger partial charge in [0.15, 0.2) is 0 Å². The molecule has 4 heteroatoms. The number of likely N-dealkylation sites (N-methyl/N-ethyl adjacent to an activating group) is 2. The van der Waals surface area contributed by atoms with Gasteiger partial charge in [-0.1, -0.05) is 31.2 Å². The third kappa shape index (κ3) is 4.47. The van der Waals surface area contributed by atoms with Crippen molar-refractivity contribution in [1.29, 1.82) is 0 Å². The Morgan fingerprint density at radius 3 is 2.50 bits per heavy atom. The van der Waals surface area contributed by atoms with Crippen LogP contribution in [0, 0.1) is 0 Å². The van der Waals surface area contributed by atoms with Crippen LogP contribution in [0.4, 0.5) is 0 Å². The second kappa shape index (κ2) is 7.84. The summed E-state index contributed by atoms with van der Waals surface area (Å²) in [6, 6.07) is 8.11. The molecule has 0 aliphatic heterocycles. The highest BCUT2D eigenvalue weighted by molar-refractivity contribution is 5.77. The summed E-state index contributed by atoms with van der Waals surface area (Å²) in [5.74, 6) is 0.0737. The molecule has 0 saturated carbocycles. The van der Waals surface area contributed by atoms with Crippen molar-refractivity contribution in [3.63, 3.8) is 0 Å². The number of nitrogens with two attached hydrogens (primary N) is 1. The minimum absolute atomic E-state index is 0.0737. The van der Waals surface area contributed by atoms with Crippen LogP contribution >= 0.6 is 0 Å². The molecule has 0 aliphatic carbocycles. The molecule has 0 heterocycles. The van der Waals surface area contributed by atoms with Crippen molar-refractivity contribution in [2.24, 2.45) is 5.73 Å². The number of nitrogens with zero attached hydrogens (tertiary/aromatic N) is 1. The molecule has 0 aromatic heterocycles. The number of carbonyl (C=O) groups is 1. The summed E-state index contributed by atoms with van der Waals surface area (Å²) in [5.41, 5.74) is 8.06. The van der Waals surface area contributed by atoms with Gasteiger partial charge in [0, 0.05) is 19.6 Å². The lowest BCUT2D eigenvalue weighted by molar-refractivity contribution is -0.122. The molecule has 0 aliphatic rings. The summed E-state index contributed by atoms with van der Waals surface area (Å²) < 4.78 is 0. The lowest BCUT2D eigenvalue weighted by Crippen LogP contribution is -2.36. The monoisotopic (exact) mass is 249 g/mol. The minimum atomic E-state index is 0.0737. The fourth-order valence-corrected chi connectivity index (χ4v) is 1.89. The van der Waals surface area contributed by atoms with Crippen LogP contribution in [-0.4, -0.2) is 30.4 Å². The predicted octanol–water partition coefficient (Wildman–Crippen LogP) is 1.10. The largest absolute Gasteiger partial charge is 0.355 e. The van der Waals surface area contributed by atoms with Crippen LogP contribution in [0.5, 0.6) is 0 Å². The second-order valence-electron chi connectivity index (χ2n) is 4.23. The number of amides is 1. The summed E-state index contributed by atoms with van der Waals surface area (Å²) in [6.45, 7) is 7.24. The first kappa shape index (κ1) is 14.7. The van der Waals surface area contributed by atoms with E-state index in [2.05, 4.69) is 23.2 Å². The SMILES string of the molecule is CCNC(=O)CN(CC)Cc1ccccc1CN. The van der Waals surface area contributed by atoms with Crippen LogP contribution in [0.2, 0.25) is 0 Å². The highest BCUT2D eigenvalue weighted by Crippen LogP contribution is 2.10. The summed E-state index contributed by atoms with van der Waals surface area (Å²) in [4.78, 5) is 13.7. The maximum Gasteiger partial charge on any atom is 0.234 e. The molecule has 1 aromatic carbocycles. The minimum Gasteiger partial charge on any atom is -0.355 e. The Bertz CT molecular complexity index is 379. The number of hydrogen-bond donors (Lipinski definition) is 2. The molecule has 0 fully saturated rings. The summed E-state index contributed by atoms with van der Waals surface area (Å²) in [7, 11) is 0. The van der Waals surface area contributed by atoms with Crippen LogP contribution in [0.15, 0.2) is 24.3 Å². The molecule has 100 valence electrons. The molecule has 0 bridgehead atoms. The number of nitrogens with one attached hydrogen (secondary N) is 1. The van der Waals surface area contributed by atoms with E-state index in [1.807, 2.05) is 25.1 Å². The van der Waals surface area contributed by atoms with Crippen molar-refractivity contribution in [3.05, 3.63) is 35.4 Å². The van der Waals surface area contributed by atoms with E-state index in [9.17, 15) is 4.79 Å². The van der Waals surface area contributed by atoms with Crippen molar-refractivity contribution in [2.45, 2.75) is 26.9 Å². The summed E-state index contributed by atoms with van der Waals surface area (Å²) >= 11 is 0. The molecule has 0 atom stereocenters. The molecule has 0 saturated heterocycles. The Morgan fingerprint density at radius 1 is 1.28 bits per heavy atom. The first-order valence-electron chi connectivity index (χ1n) is 6.47. The third-order valence-electron chi connectivity index (χ3n) is 2.92. The number of hydrogen-bond acceptors (Lipinski definition) is 3. The normalized spacial score (nSPS) is 10.7. The Kier molecular flexibility index (Phi) is 6.39. The number of benzene rings is 1. The van der Waals surface area contributed by atoms with E-state index in [1.165, 1.54) is 5.56 Å². The summed E-state index contributed by atoms with van der Waals surface area (Å²) in [6.07, 6.45) is 0. The zero-order valence-electron chi connectivity index (χ0n) is 11.3. The van der Waals surface area contributed by atoms with Gasteiger partial charge in [-0.15, -0.1) is 0 Å². The van der Waals surface area contributed by atoms with Gasteiger partial charge >= 0.3 is 0 Å². The van der Waals surface area contributed by atoms with Crippen LogP contribution in [-0.2, 0) is 17.9 Å². The van der Waals surface area contributed by atoms with Gasteiger partial charge in [-0.2, -0.15) is 0 Å². The van der Waals surface area contributed by atoms with Gasteiger partial charge in [-0.25, -0.2) is 0 Å². The van der Waals surface area contributed by atoms with Crippen molar-refractivity contribution in [1.82, 2.24) is 10.2 Å². The maximum atomic E-state index is 11.6. The number of carbonyl (C=O) groups excluding carboxylic acids is 1. The quantitative estimate of drug-likeness (QED) is 0.761. The Hall–Kier alpha value is -1.39. The topological polar surface area (TPSA) is 58.4 Å². The van der Waals surface area contributed by atoms with E-state index in [1.54, 1.807) is 0 Å². The zero-order chi connectivity index (χ0) is 13.4. The molecule has 3 N–H and O–H groups in total. The van der Waals surface area contributed by atoms with Gasteiger partial charge in [0.25, 0.3) is 0 Å². The van der Waals surface area contributed by atoms with Gasteiger partial charge in [-0.3, -0.25) is 9.69 Å². The van der Waals surface area contributed by atoms with E-state index in [0.29, 0.717) is 19.6 Å². The fourth-order valence-electron chi connectivity index (χ4n) is 1.89. The first-order valence-corrected chi connectivity index (χ1v) is 6.47. The Morgan fingerprint density at radius 2 is 1.94 bits per heavy atom. The van der Waals surface area contributed by atoms with E-state index < -0.39 is 0 Å². The van der Waals surface area contributed by atoms with Crippen LogP contribution in [0.25, 0.3) is 0 Å². The zero-order valence-corrected chi connectivity index (χ0v) is 11.3. The molecule has 0 spiro atoms. The molecule has 1 aromatic rings.